The molecule has 1 aromatic heterocycles. The molecular formula is C15H24N2O2S. The number of rotatable bonds is 8. The summed E-state index contributed by atoms with van der Waals surface area (Å²) in [4.78, 5) is 4.49. The zero-order chi connectivity index (χ0) is 13.8. The molecule has 2 aliphatic rings. The van der Waals surface area contributed by atoms with Gasteiger partial charge < -0.3 is 14.8 Å². The second kappa shape index (κ2) is 6.52. The van der Waals surface area contributed by atoms with Gasteiger partial charge in [0.2, 0.25) is 0 Å². The number of ether oxygens (including phenoxy) is 2. The van der Waals surface area contributed by atoms with Gasteiger partial charge in [0.15, 0.2) is 0 Å². The molecule has 0 aromatic carbocycles. The molecule has 1 aliphatic heterocycles. The van der Waals surface area contributed by atoms with E-state index in [1.54, 1.807) is 18.4 Å². The molecule has 2 fully saturated rings. The van der Waals surface area contributed by atoms with Crippen molar-refractivity contribution >= 4 is 11.3 Å². The highest BCUT2D eigenvalue weighted by atomic mass is 32.1. The van der Waals surface area contributed by atoms with E-state index in [0.717, 1.165) is 45.1 Å². The highest BCUT2D eigenvalue weighted by Crippen LogP contribution is 2.49. The largest absolute Gasteiger partial charge is 0.383 e. The fourth-order valence-electron chi connectivity index (χ4n) is 3.34. The second-order valence-corrected chi connectivity index (χ2v) is 6.99. The van der Waals surface area contributed by atoms with Gasteiger partial charge >= 0.3 is 0 Å². The van der Waals surface area contributed by atoms with Crippen LogP contribution in [0.5, 0.6) is 0 Å². The van der Waals surface area contributed by atoms with Crippen LogP contribution in [0.3, 0.4) is 0 Å². The average molecular weight is 296 g/mol. The van der Waals surface area contributed by atoms with Crippen molar-refractivity contribution in [3.05, 3.63) is 16.6 Å². The molecular weight excluding hydrogens is 272 g/mol. The van der Waals surface area contributed by atoms with Crippen molar-refractivity contribution in [1.82, 2.24) is 10.3 Å². The van der Waals surface area contributed by atoms with Crippen molar-refractivity contribution < 1.29 is 9.47 Å². The molecule has 2 atom stereocenters. The Hall–Kier alpha value is -0.490. The first-order valence-electron chi connectivity index (χ1n) is 7.54. The van der Waals surface area contributed by atoms with E-state index in [2.05, 4.69) is 15.7 Å². The third-order valence-corrected chi connectivity index (χ3v) is 5.28. The standard InChI is InChI=1S/C15H24N2O2S/c1-18-8-5-16-11-15(10-13-17-6-9-20-13)4-7-19-14(15)12-2-3-12/h6,9,12,14,16H,2-5,7-8,10-11H2,1H3. The third kappa shape index (κ3) is 3.22. The molecule has 3 rings (SSSR count). The smallest absolute Gasteiger partial charge is 0.0931 e. The minimum Gasteiger partial charge on any atom is -0.383 e. The van der Waals surface area contributed by atoms with E-state index in [1.165, 1.54) is 17.8 Å². The van der Waals surface area contributed by atoms with Crippen LogP contribution in [0.2, 0.25) is 0 Å². The van der Waals surface area contributed by atoms with Gasteiger partial charge in [0.1, 0.15) is 0 Å². The highest BCUT2D eigenvalue weighted by Gasteiger charge is 2.50. The van der Waals surface area contributed by atoms with E-state index >= 15 is 0 Å². The van der Waals surface area contributed by atoms with Gasteiger partial charge in [0.05, 0.1) is 17.7 Å². The number of aromatic nitrogens is 1. The summed E-state index contributed by atoms with van der Waals surface area (Å²) >= 11 is 1.77. The van der Waals surface area contributed by atoms with Crippen LogP contribution in [0.1, 0.15) is 24.3 Å². The van der Waals surface area contributed by atoms with Crippen LogP contribution in [-0.2, 0) is 15.9 Å². The Morgan fingerprint density at radius 3 is 3.15 bits per heavy atom. The summed E-state index contributed by atoms with van der Waals surface area (Å²) in [7, 11) is 1.75. The number of nitrogens with one attached hydrogen (secondary N) is 1. The lowest BCUT2D eigenvalue weighted by atomic mass is 9.76. The Morgan fingerprint density at radius 2 is 2.45 bits per heavy atom. The zero-order valence-electron chi connectivity index (χ0n) is 12.1. The van der Waals surface area contributed by atoms with Crippen LogP contribution in [0.4, 0.5) is 0 Å². The monoisotopic (exact) mass is 296 g/mol. The summed E-state index contributed by atoms with van der Waals surface area (Å²) in [6.45, 7) is 3.59. The first kappa shape index (κ1) is 14.4. The number of thiazole rings is 1. The van der Waals surface area contributed by atoms with Gasteiger partial charge in [0, 0.05) is 50.2 Å². The molecule has 2 heterocycles. The number of nitrogens with zero attached hydrogens (tertiary/aromatic N) is 1. The average Bonchev–Trinajstić information content (AvgIpc) is 3.01. The maximum absolute atomic E-state index is 6.10. The van der Waals surface area contributed by atoms with Gasteiger partial charge in [-0.15, -0.1) is 11.3 Å². The SMILES string of the molecule is COCCNCC1(Cc2nccs2)CCOC1C1CC1. The Bertz CT molecular complexity index is 408. The lowest BCUT2D eigenvalue weighted by molar-refractivity contribution is 0.0299. The van der Waals surface area contributed by atoms with Crippen LogP contribution >= 0.6 is 11.3 Å². The molecule has 112 valence electrons. The molecule has 5 heteroatoms. The first-order chi connectivity index (χ1) is 9.84. The van der Waals surface area contributed by atoms with E-state index in [0.29, 0.717) is 6.10 Å². The van der Waals surface area contributed by atoms with Crippen molar-refractivity contribution in [2.75, 3.05) is 33.4 Å². The Labute approximate surface area is 124 Å². The summed E-state index contributed by atoms with van der Waals surface area (Å²) in [5.74, 6) is 0.779. The third-order valence-electron chi connectivity index (χ3n) is 4.50. The Morgan fingerprint density at radius 1 is 1.55 bits per heavy atom. The Kier molecular flexibility index (Phi) is 4.71. The highest BCUT2D eigenvalue weighted by molar-refractivity contribution is 7.09. The minimum atomic E-state index is 0.229. The topological polar surface area (TPSA) is 43.4 Å². The van der Waals surface area contributed by atoms with Crippen molar-refractivity contribution in [3.63, 3.8) is 0 Å². The van der Waals surface area contributed by atoms with E-state index in [4.69, 9.17) is 9.47 Å². The summed E-state index contributed by atoms with van der Waals surface area (Å²) in [5.41, 5.74) is 0.229. The lowest BCUT2D eigenvalue weighted by Gasteiger charge is -2.34. The van der Waals surface area contributed by atoms with Gasteiger partial charge in [-0.3, -0.25) is 0 Å². The van der Waals surface area contributed by atoms with E-state index in [1.807, 2.05) is 6.20 Å². The van der Waals surface area contributed by atoms with Gasteiger partial charge in [-0.25, -0.2) is 4.98 Å². The fraction of sp³-hybridized carbons (Fsp3) is 0.800. The molecule has 0 bridgehead atoms. The molecule has 4 nitrogen and oxygen atoms in total. The van der Waals surface area contributed by atoms with Crippen molar-refractivity contribution in [3.8, 4) is 0 Å². The van der Waals surface area contributed by atoms with Gasteiger partial charge in [0.25, 0.3) is 0 Å². The molecule has 0 radical (unpaired) electrons. The predicted molar refractivity (Wildman–Crippen MR) is 80.1 cm³/mol. The summed E-state index contributed by atoms with van der Waals surface area (Å²) in [5, 5.41) is 6.88. The first-order valence-corrected chi connectivity index (χ1v) is 8.42. The van der Waals surface area contributed by atoms with E-state index in [-0.39, 0.29) is 5.41 Å². The number of methoxy groups -OCH3 is 1. The van der Waals surface area contributed by atoms with Crippen molar-refractivity contribution in [1.29, 1.82) is 0 Å². The predicted octanol–water partition coefficient (Wildman–Crippen LogP) is 2.11. The van der Waals surface area contributed by atoms with Crippen LogP contribution in [0, 0.1) is 11.3 Å². The maximum atomic E-state index is 6.10. The molecule has 0 spiro atoms. The van der Waals surface area contributed by atoms with E-state index < -0.39 is 0 Å². The Balaban J connectivity index is 1.68. The lowest BCUT2D eigenvalue weighted by Crippen LogP contribution is -2.44. The molecule has 1 saturated carbocycles. The molecule has 1 aliphatic carbocycles. The second-order valence-electron chi connectivity index (χ2n) is 6.01. The van der Waals surface area contributed by atoms with Gasteiger partial charge in [-0.1, -0.05) is 0 Å². The molecule has 2 unspecified atom stereocenters. The summed E-state index contributed by atoms with van der Waals surface area (Å²) in [6, 6.07) is 0. The van der Waals surface area contributed by atoms with E-state index in [9.17, 15) is 0 Å². The van der Waals surface area contributed by atoms with Crippen LogP contribution < -0.4 is 5.32 Å². The fourth-order valence-corrected chi connectivity index (χ4v) is 4.11. The van der Waals surface area contributed by atoms with Gasteiger partial charge in [-0.05, 0) is 25.2 Å². The molecule has 1 aromatic rings. The van der Waals surface area contributed by atoms with Crippen molar-refractivity contribution in [2.45, 2.75) is 31.8 Å². The van der Waals surface area contributed by atoms with Crippen LogP contribution in [0.15, 0.2) is 11.6 Å². The van der Waals surface area contributed by atoms with Crippen molar-refractivity contribution in [2.24, 2.45) is 11.3 Å². The number of hydrogen-bond donors (Lipinski definition) is 1. The quantitative estimate of drug-likeness (QED) is 0.746. The minimum absolute atomic E-state index is 0.229. The zero-order valence-corrected chi connectivity index (χ0v) is 13.0. The molecule has 0 amide bonds. The number of hydrogen-bond acceptors (Lipinski definition) is 5. The normalized spacial score (nSPS) is 29.9. The molecule has 1 saturated heterocycles. The molecule has 20 heavy (non-hydrogen) atoms. The van der Waals surface area contributed by atoms with Gasteiger partial charge in [-0.2, -0.15) is 0 Å². The molecule has 1 N–H and O–H groups in total. The maximum Gasteiger partial charge on any atom is 0.0931 e. The van der Waals surface area contributed by atoms with Crippen LogP contribution in [0.25, 0.3) is 0 Å². The summed E-state index contributed by atoms with van der Waals surface area (Å²) < 4.78 is 11.2. The van der Waals surface area contributed by atoms with Crippen LogP contribution in [-0.4, -0.2) is 44.5 Å². The summed E-state index contributed by atoms with van der Waals surface area (Å²) in [6.07, 6.45) is 7.19.